The summed E-state index contributed by atoms with van der Waals surface area (Å²) in [6.45, 7) is 2.06. The van der Waals surface area contributed by atoms with Gasteiger partial charge in [0.25, 0.3) is 0 Å². The average molecular weight is 364 g/mol. The largest absolute Gasteiger partial charge is 0.490 e. The maximum atomic E-state index is 13.3. The Morgan fingerprint density at radius 1 is 1.00 bits per heavy atom. The molecule has 2 fully saturated rings. The fourth-order valence-electron chi connectivity index (χ4n) is 4.68. The average Bonchev–Trinajstić information content (AvgIpc) is 3.37. The molecule has 1 N–H and O–H groups in total. The number of amides is 1. The van der Waals surface area contributed by atoms with E-state index in [2.05, 4.69) is 24.4 Å². The topological polar surface area (TPSA) is 38.3 Å². The fourth-order valence-corrected chi connectivity index (χ4v) is 4.68. The summed E-state index contributed by atoms with van der Waals surface area (Å²) in [5.74, 6) is 1.06. The number of rotatable bonds is 5. The Morgan fingerprint density at radius 2 is 1.70 bits per heavy atom. The molecule has 2 aliphatic rings. The molecule has 0 heterocycles. The highest BCUT2D eigenvalue weighted by Gasteiger charge is 2.42. The van der Waals surface area contributed by atoms with Crippen molar-refractivity contribution in [3.05, 3.63) is 59.7 Å². The van der Waals surface area contributed by atoms with Crippen molar-refractivity contribution in [1.29, 1.82) is 0 Å². The molecule has 0 atom stereocenters. The standard InChI is InChI=1S/C24H29NO2/c1-18-17-20(13-14-22(18)27-21-11-5-6-12-21)25-23(26)24(15-7-8-16-24)19-9-3-2-4-10-19/h2-4,9-10,13-14,17,21H,5-8,11-12,15-16H2,1H3,(H,25,26). The van der Waals surface area contributed by atoms with E-state index in [-0.39, 0.29) is 5.91 Å². The summed E-state index contributed by atoms with van der Waals surface area (Å²) in [6.07, 6.45) is 9.23. The van der Waals surface area contributed by atoms with Gasteiger partial charge >= 0.3 is 0 Å². The molecule has 0 unspecified atom stereocenters. The van der Waals surface area contributed by atoms with Gasteiger partial charge in [-0.3, -0.25) is 4.79 Å². The molecule has 2 aromatic carbocycles. The van der Waals surface area contributed by atoms with E-state index < -0.39 is 5.41 Å². The molecule has 0 aliphatic heterocycles. The van der Waals surface area contributed by atoms with Gasteiger partial charge in [0.2, 0.25) is 5.91 Å². The van der Waals surface area contributed by atoms with Crippen LogP contribution in [0.2, 0.25) is 0 Å². The van der Waals surface area contributed by atoms with E-state index in [1.807, 2.05) is 36.4 Å². The van der Waals surface area contributed by atoms with Crippen LogP contribution >= 0.6 is 0 Å². The summed E-state index contributed by atoms with van der Waals surface area (Å²) < 4.78 is 6.14. The summed E-state index contributed by atoms with van der Waals surface area (Å²) in [5, 5.41) is 3.19. The number of benzene rings is 2. The lowest BCUT2D eigenvalue weighted by atomic mass is 9.78. The van der Waals surface area contributed by atoms with E-state index in [0.29, 0.717) is 6.10 Å². The monoisotopic (exact) mass is 363 g/mol. The highest BCUT2D eigenvalue weighted by atomic mass is 16.5. The summed E-state index contributed by atoms with van der Waals surface area (Å²) in [4.78, 5) is 13.3. The first-order valence-electron chi connectivity index (χ1n) is 10.3. The van der Waals surface area contributed by atoms with Crippen LogP contribution in [0.4, 0.5) is 5.69 Å². The van der Waals surface area contributed by atoms with Gasteiger partial charge < -0.3 is 10.1 Å². The molecule has 0 spiro atoms. The third kappa shape index (κ3) is 3.73. The summed E-state index contributed by atoms with van der Waals surface area (Å²) >= 11 is 0. The molecule has 0 saturated heterocycles. The lowest BCUT2D eigenvalue weighted by molar-refractivity contribution is -0.121. The van der Waals surface area contributed by atoms with E-state index >= 15 is 0 Å². The van der Waals surface area contributed by atoms with Gasteiger partial charge in [-0.05, 0) is 74.8 Å². The van der Waals surface area contributed by atoms with Crippen molar-refractivity contribution < 1.29 is 9.53 Å². The van der Waals surface area contributed by atoms with Crippen molar-refractivity contribution in [3.63, 3.8) is 0 Å². The minimum absolute atomic E-state index is 0.120. The van der Waals surface area contributed by atoms with Crippen LogP contribution in [0, 0.1) is 6.92 Å². The van der Waals surface area contributed by atoms with Crippen LogP contribution in [-0.2, 0) is 10.2 Å². The zero-order valence-electron chi connectivity index (χ0n) is 16.2. The quantitative estimate of drug-likeness (QED) is 0.732. The van der Waals surface area contributed by atoms with E-state index in [9.17, 15) is 4.79 Å². The number of hydrogen-bond donors (Lipinski definition) is 1. The molecular formula is C24H29NO2. The van der Waals surface area contributed by atoms with Gasteiger partial charge in [0, 0.05) is 5.69 Å². The van der Waals surface area contributed by atoms with Crippen LogP contribution in [0.25, 0.3) is 0 Å². The highest BCUT2D eigenvalue weighted by molar-refractivity contribution is 5.99. The Kier molecular flexibility index (Phi) is 5.20. The molecule has 142 valence electrons. The Labute approximate surface area is 162 Å². The van der Waals surface area contributed by atoms with Crippen LogP contribution in [-0.4, -0.2) is 12.0 Å². The molecular weight excluding hydrogens is 334 g/mol. The van der Waals surface area contributed by atoms with Gasteiger partial charge in [0.15, 0.2) is 0 Å². The van der Waals surface area contributed by atoms with Crippen molar-refractivity contribution in [2.45, 2.75) is 69.8 Å². The van der Waals surface area contributed by atoms with Gasteiger partial charge in [-0.1, -0.05) is 43.2 Å². The summed E-state index contributed by atoms with van der Waals surface area (Å²) in [6, 6.07) is 16.3. The number of hydrogen-bond acceptors (Lipinski definition) is 2. The first-order chi connectivity index (χ1) is 13.2. The molecule has 2 saturated carbocycles. The minimum atomic E-state index is -0.395. The first kappa shape index (κ1) is 18.1. The zero-order valence-corrected chi connectivity index (χ0v) is 16.2. The maximum Gasteiger partial charge on any atom is 0.235 e. The smallest absolute Gasteiger partial charge is 0.235 e. The SMILES string of the molecule is Cc1cc(NC(=O)C2(c3ccccc3)CCCC2)ccc1OC1CCCC1. The molecule has 2 aliphatic carbocycles. The van der Waals surface area contributed by atoms with Gasteiger partial charge in [0.1, 0.15) is 5.75 Å². The Balaban J connectivity index is 1.50. The van der Waals surface area contributed by atoms with Crippen molar-refractivity contribution in [3.8, 4) is 5.75 Å². The van der Waals surface area contributed by atoms with Gasteiger partial charge in [-0.2, -0.15) is 0 Å². The number of carbonyl (C=O) groups excluding carboxylic acids is 1. The van der Waals surface area contributed by atoms with Crippen molar-refractivity contribution >= 4 is 11.6 Å². The molecule has 0 radical (unpaired) electrons. The third-order valence-electron chi connectivity index (χ3n) is 6.25. The van der Waals surface area contributed by atoms with Gasteiger partial charge in [-0.15, -0.1) is 0 Å². The van der Waals surface area contributed by atoms with Crippen molar-refractivity contribution in [2.24, 2.45) is 0 Å². The summed E-state index contributed by atoms with van der Waals surface area (Å²) in [5.41, 5.74) is 2.69. The lowest BCUT2D eigenvalue weighted by Crippen LogP contribution is -2.37. The van der Waals surface area contributed by atoms with Gasteiger partial charge in [-0.25, -0.2) is 0 Å². The van der Waals surface area contributed by atoms with Gasteiger partial charge in [0.05, 0.1) is 11.5 Å². The predicted octanol–water partition coefficient (Wildman–Crippen LogP) is 5.77. The molecule has 0 aromatic heterocycles. The molecule has 3 heteroatoms. The number of carbonyl (C=O) groups is 1. The number of aryl methyl sites for hydroxylation is 1. The van der Waals surface area contributed by atoms with E-state index in [4.69, 9.17) is 4.74 Å². The second-order valence-corrected chi connectivity index (χ2v) is 8.11. The minimum Gasteiger partial charge on any atom is -0.490 e. The number of ether oxygens (including phenoxy) is 1. The predicted molar refractivity (Wildman–Crippen MR) is 109 cm³/mol. The second kappa shape index (κ2) is 7.75. The fraction of sp³-hybridized carbons (Fsp3) is 0.458. The van der Waals surface area contributed by atoms with Crippen LogP contribution in [0.1, 0.15) is 62.5 Å². The van der Waals surface area contributed by atoms with Crippen LogP contribution in [0.5, 0.6) is 5.75 Å². The molecule has 1 amide bonds. The Morgan fingerprint density at radius 3 is 2.37 bits per heavy atom. The number of nitrogens with one attached hydrogen (secondary N) is 1. The van der Waals surface area contributed by atoms with Crippen LogP contribution in [0.15, 0.2) is 48.5 Å². The lowest BCUT2D eigenvalue weighted by Gasteiger charge is -2.28. The summed E-state index contributed by atoms with van der Waals surface area (Å²) in [7, 11) is 0. The first-order valence-corrected chi connectivity index (χ1v) is 10.3. The molecule has 27 heavy (non-hydrogen) atoms. The maximum absolute atomic E-state index is 13.3. The zero-order chi connectivity index (χ0) is 18.7. The second-order valence-electron chi connectivity index (χ2n) is 8.11. The van der Waals surface area contributed by atoms with Crippen molar-refractivity contribution in [2.75, 3.05) is 5.32 Å². The number of anilines is 1. The third-order valence-corrected chi connectivity index (χ3v) is 6.25. The van der Waals surface area contributed by atoms with Crippen molar-refractivity contribution in [1.82, 2.24) is 0 Å². The molecule has 2 aromatic rings. The van der Waals surface area contributed by atoms with Crippen LogP contribution < -0.4 is 10.1 Å². The molecule has 4 rings (SSSR count). The normalized spacial score (nSPS) is 19.1. The highest BCUT2D eigenvalue weighted by Crippen LogP contribution is 2.42. The Bertz CT molecular complexity index is 787. The van der Waals surface area contributed by atoms with E-state index in [0.717, 1.165) is 61.1 Å². The van der Waals surface area contributed by atoms with E-state index in [1.54, 1.807) is 0 Å². The Hall–Kier alpha value is -2.29. The van der Waals surface area contributed by atoms with Crippen LogP contribution in [0.3, 0.4) is 0 Å². The van der Waals surface area contributed by atoms with E-state index in [1.165, 1.54) is 12.8 Å². The molecule has 0 bridgehead atoms. The molecule has 3 nitrogen and oxygen atoms in total.